The number of rotatable bonds is 5. The molecule has 4 atom stereocenters. The molecule has 0 bridgehead atoms. The third-order valence-electron chi connectivity index (χ3n) is 4.87. The van der Waals surface area contributed by atoms with Crippen LogP contribution in [0.1, 0.15) is 38.5 Å². The molecule has 0 aromatic heterocycles. The van der Waals surface area contributed by atoms with Crippen LogP contribution in [0.15, 0.2) is 0 Å². The molecule has 0 heterocycles. The number of nitrogens with two attached hydrogens (primary N) is 1. The second-order valence-corrected chi connectivity index (χ2v) is 5.92. The van der Waals surface area contributed by atoms with Crippen LogP contribution in [0.5, 0.6) is 0 Å². The van der Waals surface area contributed by atoms with E-state index in [-0.39, 0.29) is 5.92 Å². The third kappa shape index (κ3) is 2.42. The van der Waals surface area contributed by atoms with Crippen LogP contribution < -0.4 is 5.73 Å². The largest absolute Gasteiger partial charge is 0.480 e. The van der Waals surface area contributed by atoms with Gasteiger partial charge < -0.3 is 20.9 Å². The van der Waals surface area contributed by atoms with Gasteiger partial charge in [-0.3, -0.25) is 4.79 Å². The molecule has 0 saturated heterocycles. The molecule has 102 valence electrons. The number of fused-ring (bicyclic) bond motifs is 1. The van der Waals surface area contributed by atoms with E-state index in [1.165, 1.54) is 6.42 Å². The lowest BCUT2D eigenvalue weighted by Gasteiger charge is -2.30. The van der Waals surface area contributed by atoms with E-state index >= 15 is 0 Å². The molecule has 0 aromatic rings. The van der Waals surface area contributed by atoms with Crippen LogP contribution in [0.2, 0.25) is 6.32 Å². The van der Waals surface area contributed by atoms with Crippen LogP contribution in [-0.2, 0) is 4.79 Å². The minimum absolute atomic E-state index is 0.0127. The molecule has 5 N–H and O–H groups in total. The lowest BCUT2D eigenvalue weighted by Crippen LogP contribution is -2.52. The van der Waals surface area contributed by atoms with Gasteiger partial charge in [0.2, 0.25) is 0 Å². The Morgan fingerprint density at radius 3 is 2.72 bits per heavy atom. The topological polar surface area (TPSA) is 104 Å². The molecule has 2 rings (SSSR count). The Kier molecular flexibility index (Phi) is 3.99. The number of hydrogen-bond donors (Lipinski definition) is 4. The molecule has 0 amide bonds. The van der Waals surface area contributed by atoms with E-state index in [0.29, 0.717) is 37.4 Å². The average Bonchev–Trinajstić information content (AvgIpc) is 2.79. The molecule has 0 spiro atoms. The molecule has 0 aliphatic heterocycles. The van der Waals surface area contributed by atoms with E-state index in [4.69, 9.17) is 15.8 Å². The minimum atomic E-state index is -1.30. The van der Waals surface area contributed by atoms with Crippen LogP contribution in [0.4, 0.5) is 0 Å². The smallest absolute Gasteiger partial charge is 0.451 e. The van der Waals surface area contributed by atoms with E-state index in [9.17, 15) is 9.90 Å². The first kappa shape index (κ1) is 13.8. The van der Waals surface area contributed by atoms with Gasteiger partial charge in [0.25, 0.3) is 0 Å². The van der Waals surface area contributed by atoms with Crippen molar-refractivity contribution in [3.8, 4) is 0 Å². The third-order valence-corrected chi connectivity index (χ3v) is 4.87. The van der Waals surface area contributed by atoms with Crippen molar-refractivity contribution in [2.75, 3.05) is 0 Å². The summed E-state index contributed by atoms with van der Waals surface area (Å²) in [5.74, 6) is -0.0372. The summed E-state index contributed by atoms with van der Waals surface area (Å²) in [6.07, 6.45) is 5.52. The summed E-state index contributed by atoms with van der Waals surface area (Å²) < 4.78 is 0. The average molecular weight is 255 g/mol. The summed E-state index contributed by atoms with van der Waals surface area (Å²) >= 11 is 0. The predicted octanol–water partition coefficient (Wildman–Crippen LogP) is 0.458. The van der Waals surface area contributed by atoms with Gasteiger partial charge in [0, 0.05) is 0 Å². The highest BCUT2D eigenvalue weighted by molar-refractivity contribution is 6.40. The van der Waals surface area contributed by atoms with Crippen molar-refractivity contribution >= 4 is 13.1 Å². The number of hydrogen-bond acceptors (Lipinski definition) is 4. The van der Waals surface area contributed by atoms with Gasteiger partial charge in [-0.1, -0.05) is 19.3 Å². The van der Waals surface area contributed by atoms with Crippen molar-refractivity contribution in [2.24, 2.45) is 23.5 Å². The predicted molar refractivity (Wildman–Crippen MR) is 67.7 cm³/mol. The maximum absolute atomic E-state index is 11.4. The maximum atomic E-state index is 11.4. The summed E-state index contributed by atoms with van der Waals surface area (Å²) in [6, 6.07) is 0. The van der Waals surface area contributed by atoms with Gasteiger partial charge in [-0.15, -0.1) is 0 Å². The Labute approximate surface area is 108 Å². The highest BCUT2D eigenvalue weighted by Crippen LogP contribution is 2.53. The van der Waals surface area contributed by atoms with Gasteiger partial charge in [0.15, 0.2) is 0 Å². The van der Waals surface area contributed by atoms with Crippen LogP contribution >= 0.6 is 0 Å². The Hall–Kier alpha value is -0.585. The van der Waals surface area contributed by atoms with Crippen LogP contribution in [-0.4, -0.2) is 33.8 Å². The van der Waals surface area contributed by atoms with Crippen molar-refractivity contribution in [2.45, 2.75) is 50.4 Å². The van der Waals surface area contributed by atoms with Gasteiger partial charge in [-0.2, -0.15) is 0 Å². The van der Waals surface area contributed by atoms with Crippen LogP contribution in [0.25, 0.3) is 0 Å². The van der Waals surface area contributed by atoms with E-state index < -0.39 is 18.6 Å². The zero-order chi connectivity index (χ0) is 13.3. The number of carbonyl (C=O) groups is 1. The molecule has 6 heteroatoms. The fourth-order valence-corrected chi connectivity index (χ4v) is 4.05. The molecule has 2 aliphatic rings. The molecule has 5 nitrogen and oxygen atoms in total. The quantitative estimate of drug-likeness (QED) is 0.534. The second kappa shape index (κ2) is 5.19. The zero-order valence-corrected chi connectivity index (χ0v) is 10.6. The van der Waals surface area contributed by atoms with Gasteiger partial charge in [-0.25, -0.2) is 0 Å². The highest BCUT2D eigenvalue weighted by Gasteiger charge is 2.56. The Bertz CT molecular complexity index is 325. The normalized spacial score (nSPS) is 38.7. The molecule has 2 saturated carbocycles. The summed E-state index contributed by atoms with van der Waals surface area (Å²) in [6.45, 7) is 0. The van der Waals surface area contributed by atoms with Crippen LogP contribution in [0, 0.1) is 17.8 Å². The van der Waals surface area contributed by atoms with Crippen molar-refractivity contribution in [3.05, 3.63) is 0 Å². The fourth-order valence-electron chi connectivity index (χ4n) is 4.05. The van der Waals surface area contributed by atoms with E-state index in [1.54, 1.807) is 0 Å². The molecule has 18 heavy (non-hydrogen) atoms. The first-order chi connectivity index (χ1) is 8.45. The van der Waals surface area contributed by atoms with E-state index in [0.717, 1.165) is 12.8 Å². The first-order valence-electron chi connectivity index (χ1n) is 6.83. The van der Waals surface area contributed by atoms with Gasteiger partial charge in [-0.05, 0) is 43.3 Å². The number of carboxylic acids is 1. The minimum Gasteiger partial charge on any atom is -0.480 e. The summed E-state index contributed by atoms with van der Waals surface area (Å²) in [7, 11) is -1.30. The second-order valence-electron chi connectivity index (χ2n) is 5.92. The van der Waals surface area contributed by atoms with Gasteiger partial charge in [0.1, 0.15) is 5.54 Å². The standard InChI is InChI=1S/C12H22BNO4/c14-12(11(15)16)7-8-3-1-4-9(8)10(12)5-2-6-13(17)18/h8-10,17-18H,1-7,14H2,(H,15,16)/t8-,9-,10+,12+/m1/s1. The summed E-state index contributed by atoms with van der Waals surface area (Å²) in [5.41, 5.74) is 5.03. The van der Waals surface area contributed by atoms with Crippen LogP contribution in [0.3, 0.4) is 0 Å². The number of carboxylic acid groups (broad SMARTS) is 1. The zero-order valence-electron chi connectivity index (χ0n) is 10.6. The summed E-state index contributed by atoms with van der Waals surface area (Å²) in [4.78, 5) is 11.4. The molecule has 2 aliphatic carbocycles. The monoisotopic (exact) mass is 255 g/mol. The molecular formula is C12H22BNO4. The Morgan fingerprint density at radius 2 is 2.11 bits per heavy atom. The van der Waals surface area contributed by atoms with Crippen molar-refractivity contribution in [1.82, 2.24) is 0 Å². The molecule has 2 fully saturated rings. The van der Waals surface area contributed by atoms with Crippen molar-refractivity contribution in [1.29, 1.82) is 0 Å². The van der Waals surface area contributed by atoms with Crippen molar-refractivity contribution < 1.29 is 19.9 Å². The molecule has 0 aromatic carbocycles. The van der Waals surface area contributed by atoms with Gasteiger partial charge >= 0.3 is 13.1 Å². The van der Waals surface area contributed by atoms with E-state index in [1.807, 2.05) is 0 Å². The highest BCUT2D eigenvalue weighted by atomic mass is 16.4. The SMILES string of the molecule is N[C@@]1(C(=O)O)C[C@H]2CCC[C@H]2[C@@H]1CCCB(O)O. The van der Waals surface area contributed by atoms with E-state index in [2.05, 4.69) is 0 Å². The van der Waals surface area contributed by atoms with Gasteiger partial charge in [0.05, 0.1) is 0 Å². The number of aliphatic carboxylic acids is 1. The molecule has 0 radical (unpaired) electrons. The molecule has 0 unspecified atom stereocenters. The van der Waals surface area contributed by atoms with Crippen molar-refractivity contribution in [3.63, 3.8) is 0 Å². The lowest BCUT2D eigenvalue weighted by molar-refractivity contribution is -0.145. The first-order valence-corrected chi connectivity index (χ1v) is 6.83. The lowest BCUT2D eigenvalue weighted by atomic mass is 9.75. The summed E-state index contributed by atoms with van der Waals surface area (Å²) in [5, 5.41) is 27.1. The fraction of sp³-hybridized carbons (Fsp3) is 0.917. The maximum Gasteiger partial charge on any atom is 0.451 e. The molecular weight excluding hydrogens is 233 g/mol. The Balaban J connectivity index is 2.04. The Morgan fingerprint density at radius 1 is 1.39 bits per heavy atom.